The molecule has 0 saturated carbocycles. The van der Waals surface area contributed by atoms with Crippen LogP contribution in [0.15, 0.2) is 53.4 Å². The maximum absolute atomic E-state index is 13.4. The zero-order valence-corrected chi connectivity index (χ0v) is 20.1. The molecule has 1 aromatic heterocycles. The van der Waals surface area contributed by atoms with E-state index in [9.17, 15) is 21.6 Å². The van der Waals surface area contributed by atoms with Crippen LogP contribution < -0.4 is 0 Å². The molecule has 0 unspecified atom stereocenters. The molecule has 0 aliphatic carbocycles. The molecule has 0 bridgehead atoms. The first-order valence-electron chi connectivity index (χ1n) is 10.7. The Morgan fingerprint density at radius 1 is 1.09 bits per heavy atom. The molecule has 2 aliphatic heterocycles. The van der Waals surface area contributed by atoms with Crippen LogP contribution in [-0.2, 0) is 35.9 Å². The number of sulfone groups is 2. The summed E-state index contributed by atoms with van der Waals surface area (Å²) in [4.78, 5) is 15.2. The minimum atomic E-state index is -3.67. The standard InChI is InChI=1S/C23H23N3O6S2/c1-33(28,29)14-16-5-4-6-17(13-16)26-22-18-7-2-3-8-20(18)34(30,31)15-19(22)21(24-26)23(27)25-9-11-32-12-10-25/h2-8,13H,9-12,14-15H2,1H3. The lowest BCUT2D eigenvalue weighted by atomic mass is 10.0. The van der Waals surface area contributed by atoms with Gasteiger partial charge in [-0.3, -0.25) is 4.79 Å². The van der Waals surface area contributed by atoms with E-state index in [0.29, 0.717) is 54.4 Å². The van der Waals surface area contributed by atoms with Crippen molar-refractivity contribution in [1.29, 1.82) is 0 Å². The van der Waals surface area contributed by atoms with Gasteiger partial charge in [-0.05, 0) is 23.8 Å². The third-order valence-corrected chi connectivity index (χ3v) is 8.43. The molecule has 178 valence electrons. The van der Waals surface area contributed by atoms with Crippen molar-refractivity contribution in [1.82, 2.24) is 14.7 Å². The minimum Gasteiger partial charge on any atom is -0.378 e. The maximum Gasteiger partial charge on any atom is 0.274 e. The Morgan fingerprint density at radius 2 is 1.82 bits per heavy atom. The van der Waals surface area contributed by atoms with Crippen LogP contribution in [0.4, 0.5) is 0 Å². The van der Waals surface area contributed by atoms with Crippen molar-refractivity contribution in [2.45, 2.75) is 16.4 Å². The second-order valence-corrected chi connectivity index (χ2v) is 12.6. The lowest BCUT2D eigenvalue weighted by Crippen LogP contribution is -2.41. The van der Waals surface area contributed by atoms with E-state index < -0.39 is 19.7 Å². The minimum absolute atomic E-state index is 0.0866. The number of fused-ring (bicyclic) bond motifs is 3. The smallest absolute Gasteiger partial charge is 0.274 e. The number of rotatable bonds is 4. The number of aromatic nitrogens is 2. The predicted molar refractivity (Wildman–Crippen MR) is 125 cm³/mol. The lowest BCUT2D eigenvalue weighted by molar-refractivity contribution is 0.0298. The van der Waals surface area contributed by atoms with E-state index in [0.717, 1.165) is 6.26 Å². The van der Waals surface area contributed by atoms with Crippen LogP contribution in [-0.4, -0.2) is 70.0 Å². The van der Waals surface area contributed by atoms with Gasteiger partial charge in [-0.15, -0.1) is 0 Å². The largest absolute Gasteiger partial charge is 0.378 e. The van der Waals surface area contributed by atoms with Crippen LogP contribution >= 0.6 is 0 Å². The fourth-order valence-corrected chi connectivity index (χ4v) is 6.80. The van der Waals surface area contributed by atoms with Crippen LogP contribution in [0.5, 0.6) is 0 Å². The number of amides is 1. The number of morpholine rings is 1. The molecule has 1 saturated heterocycles. The maximum atomic E-state index is 13.4. The summed E-state index contributed by atoms with van der Waals surface area (Å²) >= 11 is 0. The summed E-state index contributed by atoms with van der Waals surface area (Å²) in [5.74, 6) is -0.831. The summed E-state index contributed by atoms with van der Waals surface area (Å²) in [6, 6.07) is 13.5. The first-order valence-corrected chi connectivity index (χ1v) is 14.4. The number of carbonyl (C=O) groups is 1. The monoisotopic (exact) mass is 501 g/mol. The molecule has 1 amide bonds. The quantitative estimate of drug-likeness (QED) is 0.536. The summed E-state index contributed by atoms with van der Waals surface area (Å²) in [6.45, 7) is 1.61. The van der Waals surface area contributed by atoms with Crippen LogP contribution in [0.3, 0.4) is 0 Å². The van der Waals surface area contributed by atoms with Gasteiger partial charge in [-0.1, -0.05) is 30.3 Å². The Bertz CT molecular complexity index is 1500. The van der Waals surface area contributed by atoms with Crippen LogP contribution in [0, 0.1) is 0 Å². The SMILES string of the molecule is CS(=O)(=O)Cc1cccc(-n2nc(C(=O)N3CCOCC3)c3c2-c2ccccc2S(=O)(=O)C3)c1. The molecule has 0 radical (unpaired) electrons. The fraction of sp³-hybridized carbons (Fsp3) is 0.304. The molecule has 2 aromatic carbocycles. The van der Waals surface area contributed by atoms with Gasteiger partial charge in [0, 0.05) is 30.5 Å². The Hall–Kier alpha value is -3.02. The van der Waals surface area contributed by atoms with Gasteiger partial charge >= 0.3 is 0 Å². The number of hydrogen-bond donors (Lipinski definition) is 0. The predicted octanol–water partition coefficient (Wildman–Crippen LogP) is 1.84. The van der Waals surface area contributed by atoms with E-state index in [1.807, 2.05) is 0 Å². The molecule has 2 aliphatic rings. The van der Waals surface area contributed by atoms with Crippen molar-refractivity contribution in [3.63, 3.8) is 0 Å². The third-order valence-electron chi connectivity index (χ3n) is 5.88. The van der Waals surface area contributed by atoms with Crippen molar-refractivity contribution in [3.05, 3.63) is 65.4 Å². The summed E-state index contributed by atoms with van der Waals surface area (Å²) in [7, 11) is -6.93. The Morgan fingerprint density at radius 3 is 2.56 bits per heavy atom. The number of carbonyl (C=O) groups excluding carboxylic acids is 1. The van der Waals surface area contributed by atoms with Gasteiger partial charge in [0.15, 0.2) is 25.4 Å². The second-order valence-electron chi connectivity index (χ2n) is 8.49. The van der Waals surface area contributed by atoms with Gasteiger partial charge < -0.3 is 9.64 Å². The molecule has 0 N–H and O–H groups in total. The number of nitrogens with zero attached hydrogens (tertiary/aromatic N) is 3. The number of hydrogen-bond acceptors (Lipinski definition) is 7. The van der Waals surface area contributed by atoms with Crippen molar-refractivity contribution < 1.29 is 26.4 Å². The van der Waals surface area contributed by atoms with Crippen molar-refractivity contribution in [2.24, 2.45) is 0 Å². The Balaban J connectivity index is 1.72. The normalized spacial score (nSPS) is 17.1. The Labute approximate surface area is 197 Å². The highest BCUT2D eigenvalue weighted by molar-refractivity contribution is 7.91. The molecule has 34 heavy (non-hydrogen) atoms. The summed E-state index contributed by atoms with van der Waals surface area (Å²) in [5, 5.41) is 4.61. The topological polar surface area (TPSA) is 116 Å². The van der Waals surface area contributed by atoms with Crippen LogP contribution in [0.2, 0.25) is 0 Å². The van der Waals surface area contributed by atoms with Gasteiger partial charge in [0.25, 0.3) is 5.91 Å². The highest BCUT2D eigenvalue weighted by atomic mass is 32.2. The van der Waals surface area contributed by atoms with Gasteiger partial charge in [0.05, 0.1) is 41.0 Å². The van der Waals surface area contributed by atoms with Crippen molar-refractivity contribution in [2.75, 3.05) is 32.6 Å². The van der Waals surface area contributed by atoms with Gasteiger partial charge in [-0.2, -0.15) is 5.10 Å². The zero-order valence-electron chi connectivity index (χ0n) is 18.5. The number of ether oxygens (including phenoxy) is 1. The van der Waals surface area contributed by atoms with Crippen LogP contribution in [0.1, 0.15) is 21.6 Å². The van der Waals surface area contributed by atoms with E-state index in [1.165, 1.54) is 0 Å². The average Bonchev–Trinajstić information content (AvgIpc) is 3.17. The average molecular weight is 502 g/mol. The molecule has 5 rings (SSSR count). The Kier molecular flexibility index (Phi) is 5.58. The summed E-state index contributed by atoms with van der Waals surface area (Å²) < 4.78 is 56.8. The van der Waals surface area contributed by atoms with E-state index in [1.54, 1.807) is 58.1 Å². The molecule has 0 spiro atoms. The highest BCUT2D eigenvalue weighted by Crippen LogP contribution is 2.40. The second kappa shape index (κ2) is 8.33. The molecule has 3 aromatic rings. The summed E-state index contributed by atoms with van der Waals surface area (Å²) in [5.41, 5.74) is 2.55. The molecular formula is C23H23N3O6S2. The molecule has 11 heteroatoms. The highest BCUT2D eigenvalue weighted by Gasteiger charge is 2.37. The molecule has 3 heterocycles. The molecular weight excluding hydrogens is 478 g/mol. The van der Waals surface area contributed by atoms with Crippen molar-refractivity contribution >= 4 is 25.6 Å². The molecule has 9 nitrogen and oxygen atoms in total. The third kappa shape index (κ3) is 4.15. The van der Waals surface area contributed by atoms with E-state index in [2.05, 4.69) is 5.10 Å². The van der Waals surface area contributed by atoms with Gasteiger partial charge in [-0.25, -0.2) is 21.5 Å². The molecule has 1 fully saturated rings. The summed E-state index contributed by atoms with van der Waals surface area (Å²) in [6.07, 6.45) is 1.16. The van der Waals surface area contributed by atoms with E-state index in [-0.39, 0.29) is 28.0 Å². The molecule has 0 atom stereocenters. The first-order chi connectivity index (χ1) is 16.1. The zero-order chi connectivity index (χ0) is 24.1. The van der Waals surface area contributed by atoms with Crippen LogP contribution in [0.25, 0.3) is 16.9 Å². The van der Waals surface area contributed by atoms with E-state index >= 15 is 0 Å². The van der Waals surface area contributed by atoms with Gasteiger partial charge in [0.2, 0.25) is 0 Å². The van der Waals surface area contributed by atoms with Crippen molar-refractivity contribution in [3.8, 4) is 16.9 Å². The fourth-order valence-electron chi connectivity index (χ4n) is 4.42. The number of benzene rings is 2. The first kappa shape index (κ1) is 22.8. The lowest BCUT2D eigenvalue weighted by Gasteiger charge is -2.26. The van der Waals surface area contributed by atoms with Gasteiger partial charge in [0.1, 0.15) is 0 Å². The van der Waals surface area contributed by atoms with E-state index in [4.69, 9.17) is 4.74 Å².